The predicted octanol–water partition coefficient (Wildman–Crippen LogP) is 3.16. The molecule has 4 rings (SSSR count). The van der Waals surface area contributed by atoms with Gasteiger partial charge in [0.25, 0.3) is 0 Å². The highest BCUT2D eigenvalue weighted by molar-refractivity contribution is 7.89. The summed E-state index contributed by atoms with van der Waals surface area (Å²) in [6.07, 6.45) is 3.01. The number of aryl methyl sites for hydroxylation is 1. The Balaban J connectivity index is 1.53. The number of benzene rings is 2. The van der Waals surface area contributed by atoms with Crippen molar-refractivity contribution in [2.45, 2.75) is 37.6 Å². The van der Waals surface area contributed by atoms with Crippen molar-refractivity contribution < 1.29 is 22.5 Å². The molecular formula is C23H26N4O5S. The van der Waals surface area contributed by atoms with Gasteiger partial charge in [0.05, 0.1) is 12.0 Å². The summed E-state index contributed by atoms with van der Waals surface area (Å²) in [7, 11) is -2.26. The van der Waals surface area contributed by atoms with Crippen molar-refractivity contribution in [3.63, 3.8) is 0 Å². The van der Waals surface area contributed by atoms with Crippen molar-refractivity contribution in [2.24, 2.45) is 0 Å². The van der Waals surface area contributed by atoms with E-state index >= 15 is 0 Å². The number of carbonyl (C=O) groups is 1. The van der Waals surface area contributed by atoms with Crippen molar-refractivity contribution >= 4 is 15.9 Å². The second-order valence-electron chi connectivity index (χ2n) is 7.93. The van der Waals surface area contributed by atoms with Crippen LogP contribution in [0.5, 0.6) is 5.75 Å². The Bertz CT molecular complexity index is 1250. The van der Waals surface area contributed by atoms with Gasteiger partial charge in [0, 0.05) is 25.2 Å². The molecule has 1 fully saturated rings. The number of likely N-dealkylation sites (tertiary alicyclic amines) is 1. The Kier molecular flexibility index (Phi) is 6.75. The zero-order chi connectivity index (χ0) is 23.4. The summed E-state index contributed by atoms with van der Waals surface area (Å²) in [6.45, 7) is 3.16. The van der Waals surface area contributed by atoms with Crippen LogP contribution in [-0.2, 0) is 16.6 Å². The van der Waals surface area contributed by atoms with Crippen molar-refractivity contribution in [1.29, 1.82) is 0 Å². The van der Waals surface area contributed by atoms with Crippen LogP contribution in [0.3, 0.4) is 0 Å². The van der Waals surface area contributed by atoms with Gasteiger partial charge in [-0.05, 0) is 55.5 Å². The van der Waals surface area contributed by atoms with E-state index in [4.69, 9.17) is 9.26 Å². The smallest absolute Gasteiger partial charge is 0.316 e. The molecule has 0 radical (unpaired) electrons. The summed E-state index contributed by atoms with van der Waals surface area (Å²) in [6, 6.07) is 12.0. The third-order valence-electron chi connectivity index (χ3n) is 5.59. The highest BCUT2D eigenvalue weighted by Crippen LogP contribution is 2.24. The highest BCUT2D eigenvalue weighted by Gasteiger charge is 2.25. The van der Waals surface area contributed by atoms with Crippen LogP contribution in [0.25, 0.3) is 11.4 Å². The topological polar surface area (TPSA) is 115 Å². The first-order chi connectivity index (χ1) is 15.9. The summed E-state index contributed by atoms with van der Waals surface area (Å²) >= 11 is 0. The molecule has 1 aliphatic rings. The normalized spacial score (nSPS) is 14.3. The lowest BCUT2D eigenvalue weighted by atomic mass is 10.1. The number of hydrogen-bond acceptors (Lipinski definition) is 7. The minimum atomic E-state index is -3.82. The van der Waals surface area contributed by atoms with Gasteiger partial charge in [0.15, 0.2) is 0 Å². The molecule has 0 unspecified atom stereocenters. The molecule has 1 aliphatic heterocycles. The lowest BCUT2D eigenvalue weighted by Crippen LogP contribution is -2.35. The number of sulfonamides is 1. The Morgan fingerprint density at radius 2 is 1.94 bits per heavy atom. The Labute approximate surface area is 192 Å². The molecule has 0 bridgehead atoms. The van der Waals surface area contributed by atoms with E-state index < -0.39 is 10.0 Å². The fraction of sp³-hybridized carbons (Fsp3) is 0.348. The molecule has 1 amide bonds. The molecule has 33 heavy (non-hydrogen) atoms. The van der Waals surface area contributed by atoms with Crippen LogP contribution < -0.4 is 9.46 Å². The summed E-state index contributed by atoms with van der Waals surface area (Å²) in [5, 5.41) is 3.91. The molecule has 0 spiro atoms. The second kappa shape index (κ2) is 9.72. The zero-order valence-electron chi connectivity index (χ0n) is 18.6. The number of nitrogens with one attached hydrogen (secondary N) is 1. The Morgan fingerprint density at radius 3 is 2.70 bits per heavy atom. The maximum atomic E-state index is 13.0. The maximum absolute atomic E-state index is 13.0. The second-order valence-corrected chi connectivity index (χ2v) is 9.67. The molecule has 1 aromatic heterocycles. The van der Waals surface area contributed by atoms with Gasteiger partial charge in [-0.1, -0.05) is 29.4 Å². The molecule has 0 aliphatic carbocycles. The van der Waals surface area contributed by atoms with E-state index in [-0.39, 0.29) is 29.1 Å². The fourth-order valence-electron chi connectivity index (χ4n) is 3.73. The first kappa shape index (κ1) is 22.9. The number of ether oxygens (including phenoxy) is 1. The molecule has 174 valence electrons. The minimum absolute atomic E-state index is 0.0898. The van der Waals surface area contributed by atoms with Crippen LogP contribution >= 0.6 is 0 Å². The molecule has 2 heterocycles. The molecule has 0 saturated carbocycles. The number of hydrogen-bond donors (Lipinski definition) is 1. The summed E-state index contributed by atoms with van der Waals surface area (Å²) in [5.74, 6) is 0.429. The van der Waals surface area contributed by atoms with E-state index in [0.717, 1.165) is 24.8 Å². The SMILES string of the molecule is COc1cccc(CNS(=O)(=O)c2cc(-c3noc(C(=O)N4CCCCC4)n3)ccc2C)c1. The third kappa shape index (κ3) is 5.23. The molecule has 3 aromatic rings. The number of piperidine rings is 1. The highest BCUT2D eigenvalue weighted by atomic mass is 32.2. The number of amides is 1. The number of aromatic nitrogens is 2. The van der Waals surface area contributed by atoms with E-state index in [1.165, 1.54) is 6.07 Å². The van der Waals surface area contributed by atoms with E-state index in [1.807, 2.05) is 6.07 Å². The predicted molar refractivity (Wildman–Crippen MR) is 121 cm³/mol. The molecule has 9 nitrogen and oxygen atoms in total. The van der Waals surface area contributed by atoms with E-state index in [2.05, 4.69) is 14.9 Å². The van der Waals surface area contributed by atoms with Crippen LogP contribution in [0.1, 0.15) is 41.1 Å². The number of nitrogens with zero attached hydrogens (tertiary/aromatic N) is 3. The first-order valence-electron chi connectivity index (χ1n) is 10.7. The van der Waals surface area contributed by atoms with Gasteiger partial charge >= 0.3 is 11.8 Å². The average Bonchev–Trinajstić information content (AvgIpc) is 3.33. The van der Waals surface area contributed by atoms with Gasteiger partial charge in [-0.3, -0.25) is 4.79 Å². The Morgan fingerprint density at radius 1 is 1.15 bits per heavy atom. The lowest BCUT2D eigenvalue weighted by molar-refractivity contribution is 0.0674. The van der Waals surface area contributed by atoms with Crippen LogP contribution in [0.4, 0.5) is 0 Å². The van der Waals surface area contributed by atoms with Gasteiger partial charge in [-0.25, -0.2) is 13.1 Å². The maximum Gasteiger partial charge on any atom is 0.316 e. The molecule has 2 aromatic carbocycles. The van der Waals surface area contributed by atoms with Gasteiger partial charge < -0.3 is 14.2 Å². The largest absolute Gasteiger partial charge is 0.497 e. The van der Waals surface area contributed by atoms with Crippen molar-refractivity contribution in [3.8, 4) is 17.1 Å². The van der Waals surface area contributed by atoms with Crippen LogP contribution in [0, 0.1) is 6.92 Å². The summed E-state index contributed by atoms with van der Waals surface area (Å²) < 4.78 is 39.0. The van der Waals surface area contributed by atoms with Crippen LogP contribution in [-0.4, -0.2) is 49.6 Å². The molecular weight excluding hydrogens is 444 g/mol. The Hall–Kier alpha value is -3.24. The van der Waals surface area contributed by atoms with Crippen LogP contribution in [0.2, 0.25) is 0 Å². The van der Waals surface area contributed by atoms with Gasteiger partial charge in [0.2, 0.25) is 15.8 Å². The molecule has 10 heteroatoms. The molecule has 0 atom stereocenters. The number of rotatable bonds is 7. The zero-order valence-corrected chi connectivity index (χ0v) is 19.4. The third-order valence-corrected chi connectivity index (χ3v) is 7.13. The van der Waals surface area contributed by atoms with Crippen molar-refractivity contribution in [2.75, 3.05) is 20.2 Å². The van der Waals surface area contributed by atoms with Gasteiger partial charge in [-0.15, -0.1) is 0 Å². The lowest BCUT2D eigenvalue weighted by Gasteiger charge is -2.24. The van der Waals surface area contributed by atoms with Gasteiger partial charge in [0.1, 0.15) is 5.75 Å². The fourth-order valence-corrected chi connectivity index (χ4v) is 5.01. The molecule has 1 N–H and O–H groups in total. The van der Waals surface area contributed by atoms with E-state index in [0.29, 0.717) is 30.0 Å². The number of carbonyl (C=O) groups excluding carboxylic acids is 1. The standard InChI is InChI=1S/C23H26N4O5S/c1-16-9-10-18(21-25-22(32-26-21)23(28)27-11-4-3-5-12-27)14-20(16)33(29,30)24-15-17-7-6-8-19(13-17)31-2/h6-10,13-14,24H,3-5,11-12,15H2,1-2H3. The monoisotopic (exact) mass is 470 g/mol. The number of methoxy groups -OCH3 is 1. The quantitative estimate of drug-likeness (QED) is 0.564. The molecule has 1 saturated heterocycles. The summed E-state index contributed by atoms with van der Waals surface area (Å²) in [5.41, 5.74) is 1.79. The minimum Gasteiger partial charge on any atom is -0.497 e. The van der Waals surface area contributed by atoms with E-state index in [1.54, 1.807) is 49.3 Å². The van der Waals surface area contributed by atoms with Gasteiger partial charge in [-0.2, -0.15) is 4.98 Å². The van der Waals surface area contributed by atoms with Crippen LogP contribution in [0.15, 0.2) is 51.9 Å². The van der Waals surface area contributed by atoms with E-state index in [9.17, 15) is 13.2 Å². The van der Waals surface area contributed by atoms with Crippen molar-refractivity contribution in [3.05, 3.63) is 59.5 Å². The first-order valence-corrected chi connectivity index (χ1v) is 12.2. The average molecular weight is 471 g/mol. The summed E-state index contributed by atoms with van der Waals surface area (Å²) in [4.78, 5) is 18.6. The van der Waals surface area contributed by atoms with Crippen molar-refractivity contribution in [1.82, 2.24) is 19.8 Å².